The van der Waals surface area contributed by atoms with Crippen LogP contribution in [0.1, 0.15) is 15.9 Å². The molecular formula is C16H19N3O4S. The fraction of sp³-hybridized carbons (Fsp3) is 0.250. The van der Waals surface area contributed by atoms with Gasteiger partial charge in [-0.25, -0.2) is 17.7 Å². The Morgan fingerprint density at radius 1 is 1.17 bits per heavy atom. The van der Waals surface area contributed by atoms with Gasteiger partial charge in [-0.05, 0) is 29.8 Å². The van der Waals surface area contributed by atoms with Crippen molar-refractivity contribution < 1.29 is 17.9 Å². The van der Waals surface area contributed by atoms with E-state index in [4.69, 9.17) is 4.74 Å². The van der Waals surface area contributed by atoms with Gasteiger partial charge in [0, 0.05) is 38.5 Å². The molecule has 1 N–H and O–H groups in total. The largest absolute Gasteiger partial charge is 0.481 e. The van der Waals surface area contributed by atoms with Gasteiger partial charge in [0.15, 0.2) is 0 Å². The van der Waals surface area contributed by atoms with Crippen LogP contribution in [0, 0.1) is 0 Å². The summed E-state index contributed by atoms with van der Waals surface area (Å²) in [5, 5.41) is 2.75. The van der Waals surface area contributed by atoms with Gasteiger partial charge in [-0.1, -0.05) is 6.07 Å². The first-order valence-corrected chi connectivity index (χ1v) is 8.58. The first kappa shape index (κ1) is 17.9. The van der Waals surface area contributed by atoms with E-state index in [1.54, 1.807) is 18.3 Å². The van der Waals surface area contributed by atoms with E-state index in [0.29, 0.717) is 18.0 Å². The molecule has 0 atom stereocenters. The van der Waals surface area contributed by atoms with E-state index >= 15 is 0 Å². The van der Waals surface area contributed by atoms with Gasteiger partial charge in [0.2, 0.25) is 15.9 Å². The van der Waals surface area contributed by atoms with Gasteiger partial charge in [0.05, 0.1) is 12.0 Å². The molecule has 1 heterocycles. The molecule has 1 aromatic heterocycles. The van der Waals surface area contributed by atoms with Crippen molar-refractivity contribution in [3.05, 3.63) is 53.7 Å². The van der Waals surface area contributed by atoms with Crippen molar-refractivity contribution in [1.82, 2.24) is 14.6 Å². The molecule has 0 fully saturated rings. The molecule has 1 amide bonds. The van der Waals surface area contributed by atoms with Crippen LogP contribution in [0.3, 0.4) is 0 Å². The minimum atomic E-state index is -3.50. The number of carbonyl (C=O) groups is 1. The maximum Gasteiger partial charge on any atom is 0.251 e. The number of pyridine rings is 1. The number of carbonyl (C=O) groups excluding carboxylic acids is 1. The first-order chi connectivity index (χ1) is 11.3. The molecule has 0 spiro atoms. The molecule has 2 aromatic rings. The minimum Gasteiger partial charge on any atom is -0.481 e. The van der Waals surface area contributed by atoms with Crippen LogP contribution in [0.5, 0.6) is 5.88 Å². The topological polar surface area (TPSA) is 88.6 Å². The highest BCUT2D eigenvalue weighted by Crippen LogP contribution is 2.14. The van der Waals surface area contributed by atoms with Crippen molar-refractivity contribution in [1.29, 1.82) is 0 Å². The summed E-state index contributed by atoms with van der Waals surface area (Å²) in [7, 11) is 0.946. The third-order valence-electron chi connectivity index (χ3n) is 3.35. The summed E-state index contributed by atoms with van der Waals surface area (Å²) in [6.07, 6.45) is 1.62. The van der Waals surface area contributed by atoms with E-state index in [9.17, 15) is 13.2 Å². The number of hydrogen-bond acceptors (Lipinski definition) is 5. The van der Waals surface area contributed by atoms with Crippen molar-refractivity contribution in [3.8, 4) is 5.88 Å². The molecule has 0 saturated carbocycles. The molecule has 0 saturated heterocycles. The molecular weight excluding hydrogens is 330 g/mol. The molecule has 8 heteroatoms. The van der Waals surface area contributed by atoms with Gasteiger partial charge in [-0.15, -0.1) is 0 Å². The smallest absolute Gasteiger partial charge is 0.251 e. The molecule has 7 nitrogen and oxygen atoms in total. The van der Waals surface area contributed by atoms with Crippen molar-refractivity contribution in [2.45, 2.75) is 11.4 Å². The maximum atomic E-state index is 12.1. The van der Waals surface area contributed by atoms with Crippen LogP contribution >= 0.6 is 0 Å². The fourth-order valence-corrected chi connectivity index (χ4v) is 2.81. The number of nitrogens with one attached hydrogen (secondary N) is 1. The lowest BCUT2D eigenvalue weighted by molar-refractivity contribution is 0.0951. The highest BCUT2D eigenvalue weighted by Gasteiger charge is 2.17. The zero-order valence-corrected chi connectivity index (χ0v) is 14.5. The summed E-state index contributed by atoms with van der Waals surface area (Å²) < 4.78 is 30.1. The Kier molecular flexibility index (Phi) is 5.53. The zero-order chi connectivity index (χ0) is 17.7. The normalized spacial score (nSPS) is 11.3. The summed E-state index contributed by atoms with van der Waals surface area (Å²) in [4.78, 5) is 16.3. The Bertz CT molecular complexity index is 800. The van der Waals surface area contributed by atoms with E-state index in [1.165, 1.54) is 45.5 Å². The lowest BCUT2D eigenvalue weighted by atomic mass is 10.2. The summed E-state index contributed by atoms with van der Waals surface area (Å²) in [5.74, 6) is 0.211. The van der Waals surface area contributed by atoms with Crippen molar-refractivity contribution in [3.63, 3.8) is 0 Å². The highest BCUT2D eigenvalue weighted by molar-refractivity contribution is 7.89. The van der Waals surface area contributed by atoms with E-state index in [1.807, 2.05) is 0 Å². The van der Waals surface area contributed by atoms with Gasteiger partial charge < -0.3 is 10.1 Å². The maximum absolute atomic E-state index is 12.1. The third kappa shape index (κ3) is 4.09. The molecule has 24 heavy (non-hydrogen) atoms. The SMILES string of the molecule is COc1ccc(CNC(=O)c2ccc(S(=O)(=O)N(C)C)cc2)cn1. The summed E-state index contributed by atoms with van der Waals surface area (Å²) in [6.45, 7) is 0.313. The second-order valence-corrected chi connectivity index (χ2v) is 7.36. The number of ether oxygens (including phenoxy) is 1. The lowest BCUT2D eigenvalue weighted by Crippen LogP contribution is -2.24. The molecule has 128 valence electrons. The van der Waals surface area contributed by atoms with E-state index in [2.05, 4.69) is 10.3 Å². The molecule has 0 radical (unpaired) electrons. The summed E-state index contributed by atoms with van der Waals surface area (Å²) in [6, 6.07) is 9.32. The van der Waals surface area contributed by atoms with E-state index in [0.717, 1.165) is 9.87 Å². The predicted octanol–water partition coefficient (Wildman–Crippen LogP) is 1.27. The second kappa shape index (κ2) is 7.41. The average Bonchev–Trinajstić information content (AvgIpc) is 2.60. The lowest BCUT2D eigenvalue weighted by Gasteiger charge is -2.11. The van der Waals surface area contributed by atoms with E-state index in [-0.39, 0.29) is 10.8 Å². The highest BCUT2D eigenvalue weighted by atomic mass is 32.2. The van der Waals surface area contributed by atoms with Gasteiger partial charge in [0.25, 0.3) is 5.91 Å². The second-order valence-electron chi connectivity index (χ2n) is 5.20. The minimum absolute atomic E-state index is 0.142. The summed E-state index contributed by atoms with van der Waals surface area (Å²) >= 11 is 0. The van der Waals surface area contributed by atoms with Gasteiger partial charge in [-0.3, -0.25) is 4.79 Å². The predicted molar refractivity (Wildman–Crippen MR) is 89.3 cm³/mol. The third-order valence-corrected chi connectivity index (χ3v) is 5.18. The number of methoxy groups -OCH3 is 1. The van der Waals surface area contributed by atoms with Crippen LogP contribution < -0.4 is 10.1 Å². The number of hydrogen-bond donors (Lipinski definition) is 1. The Morgan fingerprint density at radius 2 is 1.83 bits per heavy atom. The van der Waals surface area contributed by atoms with Gasteiger partial charge >= 0.3 is 0 Å². The van der Waals surface area contributed by atoms with Gasteiger partial charge in [-0.2, -0.15) is 0 Å². The Morgan fingerprint density at radius 3 is 2.33 bits per heavy atom. The van der Waals surface area contributed by atoms with Crippen molar-refractivity contribution in [2.75, 3.05) is 21.2 Å². The number of aromatic nitrogens is 1. The van der Waals surface area contributed by atoms with E-state index < -0.39 is 10.0 Å². The molecule has 0 aliphatic rings. The van der Waals surface area contributed by atoms with Crippen LogP contribution in [-0.4, -0.2) is 44.8 Å². The summed E-state index contributed by atoms with van der Waals surface area (Å²) in [5.41, 5.74) is 1.21. The van der Waals surface area contributed by atoms with Gasteiger partial charge in [0.1, 0.15) is 0 Å². The monoisotopic (exact) mass is 349 g/mol. The Balaban J connectivity index is 2.02. The number of amides is 1. The molecule has 2 rings (SSSR count). The Labute approximate surface area is 141 Å². The van der Waals surface area contributed by atoms with Crippen molar-refractivity contribution >= 4 is 15.9 Å². The quantitative estimate of drug-likeness (QED) is 0.848. The number of benzene rings is 1. The number of rotatable bonds is 6. The number of sulfonamides is 1. The first-order valence-electron chi connectivity index (χ1n) is 7.14. The standard InChI is InChI=1S/C16H19N3O4S/c1-19(2)24(21,22)14-7-5-13(6-8-14)16(20)18-11-12-4-9-15(23-3)17-10-12/h4-10H,11H2,1-3H3,(H,18,20). The van der Waals surface area contributed by atoms with Crippen LogP contribution in [0.4, 0.5) is 0 Å². The fourth-order valence-electron chi connectivity index (χ4n) is 1.91. The van der Waals surface area contributed by atoms with Crippen LogP contribution in [-0.2, 0) is 16.6 Å². The Hall–Kier alpha value is -2.45. The van der Waals surface area contributed by atoms with Crippen LogP contribution in [0.25, 0.3) is 0 Å². The molecule has 0 unspecified atom stereocenters. The molecule has 0 bridgehead atoms. The van der Waals surface area contributed by atoms with Crippen LogP contribution in [0.2, 0.25) is 0 Å². The molecule has 1 aromatic carbocycles. The van der Waals surface area contributed by atoms with Crippen LogP contribution in [0.15, 0.2) is 47.5 Å². The zero-order valence-electron chi connectivity index (χ0n) is 13.7. The van der Waals surface area contributed by atoms with Crippen molar-refractivity contribution in [2.24, 2.45) is 0 Å². The molecule has 0 aliphatic heterocycles. The molecule has 0 aliphatic carbocycles. The number of nitrogens with zero attached hydrogens (tertiary/aromatic N) is 2. The average molecular weight is 349 g/mol.